The number of rotatable bonds is 3. The molecule has 1 aliphatic heterocycles. The first-order chi connectivity index (χ1) is 9.24. The maximum absolute atomic E-state index is 11.6. The summed E-state index contributed by atoms with van der Waals surface area (Å²) in [6, 6.07) is 7.76. The van der Waals surface area contributed by atoms with E-state index in [0.717, 1.165) is 16.5 Å². The molecule has 19 heavy (non-hydrogen) atoms. The first-order valence-corrected chi connectivity index (χ1v) is 6.36. The van der Waals surface area contributed by atoms with Crippen LogP contribution in [-0.4, -0.2) is 22.8 Å². The molecule has 0 radical (unpaired) electrons. The summed E-state index contributed by atoms with van der Waals surface area (Å²) in [6.45, 7) is 0.607. The van der Waals surface area contributed by atoms with Crippen molar-refractivity contribution < 1.29 is 9.59 Å². The summed E-state index contributed by atoms with van der Waals surface area (Å²) in [7, 11) is 0. The van der Waals surface area contributed by atoms with Crippen LogP contribution in [0.2, 0.25) is 0 Å². The molecule has 0 saturated carbocycles. The Morgan fingerprint density at radius 1 is 1.26 bits per heavy atom. The third kappa shape index (κ3) is 2.37. The number of hydrogen-bond acceptors (Lipinski definition) is 3. The molecule has 5 nitrogen and oxygen atoms in total. The predicted molar refractivity (Wildman–Crippen MR) is 71.3 cm³/mol. The predicted octanol–water partition coefficient (Wildman–Crippen LogP) is 1.06. The number of carbonyl (C=O) groups excluding carboxylic acids is 2. The van der Waals surface area contributed by atoms with E-state index in [4.69, 9.17) is 0 Å². The number of imide groups is 1. The lowest BCUT2D eigenvalue weighted by atomic mass is 10.1. The van der Waals surface area contributed by atoms with Crippen LogP contribution >= 0.6 is 0 Å². The average molecular weight is 257 g/mol. The highest BCUT2D eigenvalue weighted by Crippen LogP contribution is 2.17. The number of hydrogen-bond donors (Lipinski definition) is 3. The molecule has 1 atom stereocenters. The number of carbonyl (C=O) groups is 2. The van der Waals surface area contributed by atoms with Gasteiger partial charge in [0.25, 0.3) is 0 Å². The summed E-state index contributed by atoms with van der Waals surface area (Å²) >= 11 is 0. The fourth-order valence-corrected chi connectivity index (χ4v) is 2.40. The monoisotopic (exact) mass is 257 g/mol. The largest absolute Gasteiger partial charge is 0.361 e. The van der Waals surface area contributed by atoms with Gasteiger partial charge in [0.15, 0.2) is 0 Å². The molecule has 1 unspecified atom stereocenters. The van der Waals surface area contributed by atoms with Crippen LogP contribution < -0.4 is 10.6 Å². The average Bonchev–Trinajstić information content (AvgIpc) is 2.81. The van der Waals surface area contributed by atoms with Crippen molar-refractivity contribution in [2.75, 3.05) is 0 Å². The Morgan fingerprint density at radius 2 is 2.11 bits per heavy atom. The van der Waals surface area contributed by atoms with E-state index in [0.29, 0.717) is 19.4 Å². The first kappa shape index (κ1) is 11.9. The Hall–Kier alpha value is -2.14. The molecule has 0 aliphatic carbocycles. The number of para-hydroxylation sites is 1. The normalized spacial score (nSPS) is 19.7. The summed E-state index contributed by atoms with van der Waals surface area (Å²) in [5.74, 6) is -0.411. The second kappa shape index (κ2) is 4.85. The van der Waals surface area contributed by atoms with Crippen molar-refractivity contribution in [3.8, 4) is 0 Å². The minimum absolute atomic E-state index is 0.185. The number of piperidine rings is 1. The highest BCUT2D eigenvalue weighted by atomic mass is 16.2. The molecule has 3 rings (SSSR count). The van der Waals surface area contributed by atoms with Gasteiger partial charge in [0.1, 0.15) is 0 Å². The molecular weight excluding hydrogens is 242 g/mol. The van der Waals surface area contributed by atoms with E-state index < -0.39 is 0 Å². The second-order valence-corrected chi connectivity index (χ2v) is 4.74. The molecule has 1 fully saturated rings. The van der Waals surface area contributed by atoms with E-state index in [1.165, 1.54) is 0 Å². The summed E-state index contributed by atoms with van der Waals surface area (Å²) in [6.07, 6.45) is 2.91. The Morgan fingerprint density at radius 3 is 2.95 bits per heavy atom. The van der Waals surface area contributed by atoms with E-state index in [-0.39, 0.29) is 17.9 Å². The van der Waals surface area contributed by atoms with Gasteiger partial charge in [-0.3, -0.25) is 14.9 Å². The number of nitrogens with one attached hydrogen (secondary N) is 3. The molecule has 0 spiro atoms. The zero-order chi connectivity index (χ0) is 13.2. The molecule has 5 heteroatoms. The molecule has 3 N–H and O–H groups in total. The quantitative estimate of drug-likeness (QED) is 0.720. The molecule has 2 amide bonds. The first-order valence-electron chi connectivity index (χ1n) is 6.36. The van der Waals surface area contributed by atoms with Crippen LogP contribution in [0.3, 0.4) is 0 Å². The van der Waals surface area contributed by atoms with Crippen LogP contribution in [0, 0.1) is 0 Å². The van der Waals surface area contributed by atoms with E-state index in [2.05, 4.69) is 15.6 Å². The fraction of sp³-hybridized carbons (Fsp3) is 0.286. The summed E-state index contributed by atoms with van der Waals surface area (Å²) in [4.78, 5) is 25.9. The highest BCUT2D eigenvalue weighted by Gasteiger charge is 2.25. The molecule has 1 saturated heterocycles. The van der Waals surface area contributed by atoms with Gasteiger partial charge in [-0.1, -0.05) is 18.2 Å². The van der Waals surface area contributed by atoms with Gasteiger partial charge < -0.3 is 10.3 Å². The van der Waals surface area contributed by atoms with Gasteiger partial charge in [-0.15, -0.1) is 0 Å². The lowest BCUT2D eigenvalue weighted by Gasteiger charge is -2.21. The van der Waals surface area contributed by atoms with Crippen molar-refractivity contribution in [3.63, 3.8) is 0 Å². The molecule has 1 aliphatic rings. The van der Waals surface area contributed by atoms with E-state index in [1.54, 1.807) is 0 Å². The van der Waals surface area contributed by atoms with Gasteiger partial charge in [0.05, 0.1) is 6.04 Å². The number of fused-ring (bicyclic) bond motifs is 1. The minimum atomic E-state index is -0.286. The zero-order valence-corrected chi connectivity index (χ0v) is 10.4. The van der Waals surface area contributed by atoms with Crippen molar-refractivity contribution in [3.05, 3.63) is 36.0 Å². The van der Waals surface area contributed by atoms with Crippen LogP contribution in [0.15, 0.2) is 30.5 Å². The van der Waals surface area contributed by atoms with Crippen molar-refractivity contribution in [1.82, 2.24) is 15.6 Å². The number of benzene rings is 1. The van der Waals surface area contributed by atoms with Gasteiger partial charge >= 0.3 is 0 Å². The van der Waals surface area contributed by atoms with Gasteiger partial charge in [-0.25, -0.2) is 0 Å². The molecular formula is C14H15N3O2. The zero-order valence-electron chi connectivity index (χ0n) is 10.4. The third-order valence-corrected chi connectivity index (χ3v) is 3.45. The smallest absolute Gasteiger partial charge is 0.243 e. The summed E-state index contributed by atoms with van der Waals surface area (Å²) < 4.78 is 0. The highest BCUT2D eigenvalue weighted by molar-refractivity contribution is 6.00. The SMILES string of the molecule is O=C1CCC(NCc2c[nH]c3ccccc23)C(=O)N1. The second-order valence-electron chi connectivity index (χ2n) is 4.74. The molecule has 0 bridgehead atoms. The van der Waals surface area contributed by atoms with Crippen LogP contribution in [0.5, 0.6) is 0 Å². The van der Waals surface area contributed by atoms with Crippen molar-refractivity contribution in [2.24, 2.45) is 0 Å². The van der Waals surface area contributed by atoms with Gasteiger partial charge in [-0.05, 0) is 18.1 Å². The van der Waals surface area contributed by atoms with E-state index in [1.807, 2.05) is 30.5 Å². The summed E-state index contributed by atoms with van der Waals surface area (Å²) in [5.41, 5.74) is 2.21. The summed E-state index contributed by atoms with van der Waals surface area (Å²) in [5, 5.41) is 6.71. The number of aromatic amines is 1. The van der Waals surface area contributed by atoms with Gasteiger partial charge in [0, 0.05) is 30.1 Å². The lowest BCUT2D eigenvalue weighted by molar-refractivity contribution is -0.134. The Labute approximate surface area is 110 Å². The van der Waals surface area contributed by atoms with Gasteiger partial charge in [0.2, 0.25) is 11.8 Å². The minimum Gasteiger partial charge on any atom is -0.361 e. The molecule has 1 aromatic heterocycles. The van der Waals surface area contributed by atoms with Crippen LogP contribution in [0.4, 0.5) is 0 Å². The number of aromatic nitrogens is 1. The van der Waals surface area contributed by atoms with Crippen molar-refractivity contribution in [1.29, 1.82) is 0 Å². The van der Waals surface area contributed by atoms with E-state index in [9.17, 15) is 9.59 Å². The van der Waals surface area contributed by atoms with Crippen LogP contribution in [-0.2, 0) is 16.1 Å². The standard InChI is InChI=1S/C14H15N3O2/c18-13-6-5-12(14(19)17-13)16-8-9-7-15-11-4-2-1-3-10(9)11/h1-4,7,12,15-16H,5-6,8H2,(H,17,18,19). The fourth-order valence-electron chi connectivity index (χ4n) is 2.40. The van der Waals surface area contributed by atoms with Gasteiger partial charge in [-0.2, -0.15) is 0 Å². The lowest BCUT2D eigenvalue weighted by Crippen LogP contribution is -2.50. The third-order valence-electron chi connectivity index (χ3n) is 3.45. The van der Waals surface area contributed by atoms with Crippen LogP contribution in [0.1, 0.15) is 18.4 Å². The topological polar surface area (TPSA) is 74.0 Å². The van der Waals surface area contributed by atoms with E-state index >= 15 is 0 Å². The molecule has 2 aromatic rings. The van der Waals surface area contributed by atoms with Crippen molar-refractivity contribution in [2.45, 2.75) is 25.4 Å². The Kier molecular flexibility index (Phi) is 3.05. The molecule has 1 aromatic carbocycles. The Bertz CT molecular complexity index is 632. The maximum Gasteiger partial charge on any atom is 0.243 e. The molecule has 2 heterocycles. The number of amides is 2. The van der Waals surface area contributed by atoms with Crippen molar-refractivity contribution >= 4 is 22.7 Å². The number of H-pyrrole nitrogens is 1. The maximum atomic E-state index is 11.6. The van der Waals surface area contributed by atoms with Crippen LogP contribution in [0.25, 0.3) is 10.9 Å². The Balaban J connectivity index is 1.69. The molecule has 98 valence electrons.